The number of H-pyrrole nitrogens is 1. The number of aromatic nitrogens is 4. The molecule has 0 radical (unpaired) electrons. The van der Waals surface area contributed by atoms with Crippen molar-refractivity contribution in [1.29, 1.82) is 0 Å². The van der Waals surface area contributed by atoms with E-state index in [4.69, 9.17) is 19.4 Å². The minimum Gasteiger partial charge on any atom is -0.352 e. The van der Waals surface area contributed by atoms with E-state index in [-0.39, 0.29) is 17.6 Å². The van der Waals surface area contributed by atoms with Gasteiger partial charge in [-0.2, -0.15) is 0 Å². The van der Waals surface area contributed by atoms with Gasteiger partial charge >= 0.3 is 0 Å². The lowest BCUT2D eigenvalue weighted by molar-refractivity contribution is -0.198. The van der Waals surface area contributed by atoms with Gasteiger partial charge in [-0.25, -0.2) is 19.3 Å². The van der Waals surface area contributed by atoms with Crippen molar-refractivity contribution < 1.29 is 18.7 Å². The zero-order valence-corrected chi connectivity index (χ0v) is 22.8. The van der Waals surface area contributed by atoms with E-state index in [1.165, 1.54) is 18.6 Å². The summed E-state index contributed by atoms with van der Waals surface area (Å²) in [6.45, 7) is 3.27. The number of amides is 1. The summed E-state index contributed by atoms with van der Waals surface area (Å²) in [5.41, 5.74) is 3.55. The minimum atomic E-state index is -0.481. The van der Waals surface area contributed by atoms with Gasteiger partial charge in [-0.05, 0) is 61.7 Å². The first-order valence-electron chi connectivity index (χ1n) is 14.1. The van der Waals surface area contributed by atoms with E-state index in [9.17, 15) is 9.18 Å². The number of halogens is 1. The van der Waals surface area contributed by atoms with Crippen molar-refractivity contribution in [3.63, 3.8) is 0 Å². The molecular weight excluding hydrogens is 523 g/mol. The third kappa shape index (κ3) is 6.61. The summed E-state index contributed by atoms with van der Waals surface area (Å²) >= 11 is 0. The summed E-state index contributed by atoms with van der Waals surface area (Å²) in [5, 5.41) is 2.95. The first-order valence-corrected chi connectivity index (χ1v) is 14.1. The average molecular weight is 557 g/mol. The van der Waals surface area contributed by atoms with Crippen LogP contribution >= 0.6 is 0 Å². The van der Waals surface area contributed by atoms with E-state index < -0.39 is 6.29 Å². The molecule has 0 atom stereocenters. The fourth-order valence-corrected chi connectivity index (χ4v) is 5.16. The van der Waals surface area contributed by atoms with E-state index in [0.717, 1.165) is 42.9 Å². The summed E-state index contributed by atoms with van der Waals surface area (Å²) in [7, 11) is 0. The first kappa shape index (κ1) is 27.0. The van der Waals surface area contributed by atoms with Crippen molar-refractivity contribution in [3.8, 4) is 22.6 Å². The maximum Gasteiger partial charge on any atom is 0.251 e. The molecule has 2 fully saturated rings. The van der Waals surface area contributed by atoms with Gasteiger partial charge in [0.05, 0.1) is 36.7 Å². The second kappa shape index (κ2) is 12.6. The molecule has 2 aliphatic heterocycles. The molecule has 4 heterocycles. The summed E-state index contributed by atoms with van der Waals surface area (Å²) in [6, 6.07) is 17.3. The van der Waals surface area contributed by atoms with Gasteiger partial charge in [-0.15, -0.1) is 0 Å². The van der Waals surface area contributed by atoms with Crippen LogP contribution in [0, 0.1) is 11.7 Å². The maximum atomic E-state index is 13.7. The normalized spacial score (nSPS) is 19.2. The minimum absolute atomic E-state index is 0.0510. The summed E-state index contributed by atoms with van der Waals surface area (Å²) in [5.74, 6) is 1.01. The number of carbonyl (C=O) groups is 1. The molecule has 6 rings (SSSR count). The lowest BCUT2D eigenvalue weighted by atomic mass is 10.1. The number of carbonyl (C=O) groups excluding carboxylic acids is 1. The Morgan fingerprint density at radius 2 is 1.73 bits per heavy atom. The van der Waals surface area contributed by atoms with Crippen LogP contribution in [0.3, 0.4) is 0 Å². The third-order valence-corrected chi connectivity index (χ3v) is 7.39. The van der Waals surface area contributed by atoms with Crippen molar-refractivity contribution >= 4 is 11.9 Å². The quantitative estimate of drug-likeness (QED) is 0.326. The van der Waals surface area contributed by atoms with E-state index in [0.29, 0.717) is 49.2 Å². The Morgan fingerprint density at radius 1 is 0.976 bits per heavy atom. The molecule has 10 heteroatoms. The summed E-state index contributed by atoms with van der Waals surface area (Å²) < 4.78 is 25.7. The van der Waals surface area contributed by atoms with Crippen LogP contribution in [0.15, 0.2) is 66.9 Å². The van der Waals surface area contributed by atoms with Gasteiger partial charge in [-0.1, -0.05) is 18.2 Å². The number of imidazole rings is 1. The lowest BCUT2D eigenvalue weighted by Gasteiger charge is -2.29. The fourth-order valence-electron chi connectivity index (χ4n) is 5.16. The van der Waals surface area contributed by atoms with Crippen LogP contribution in [0.1, 0.15) is 35.4 Å². The number of anilines is 1. The van der Waals surface area contributed by atoms with Gasteiger partial charge in [0.1, 0.15) is 11.6 Å². The van der Waals surface area contributed by atoms with Crippen LogP contribution in [0.25, 0.3) is 22.6 Å². The van der Waals surface area contributed by atoms with E-state index in [1.807, 2.05) is 24.3 Å². The van der Waals surface area contributed by atoms with E-state index in [1.54, 1.807) is 30.5 Å². The van der Waals surface area contributed by atoms with Crippen molar-refractivity contribution in [2.24, 2.45) is 5.92 Å². The van der Waals surface area contributed by atoms with Crippen LogP contribution in [0.2, 0.25) is 0 Å². The molecule has 1 amide bonds. The molecule has 2 saturated heterocycles. The SMILES string of the molecule is O=C(NCC1COC(Cc2nc(-c3ccc(F)cc3)c(-c3ccnc(N4CCCCC4)n3)[nH]2)OC1)c1ccccc1. The molecule has 0 unspecified atom stereocenters. The van der Waals surface area contributed by atoms with Gasteiger partial charge in [-0.3, -0.25) is 4.79 Å². The Balaban J connectivity index is 1.14. The number of hydrogen-bond donors (Lipinski definition) is 2. The molecule has 4 aromatic rings. The Labute approximate surface area is 238 Å². The standard InChI is InChI=1S/C31H33FN6O3/c32-24-11-9-22(10-12-24)28-29(25-13-14-33-31(35-25)38-15-5-2-6-16-38)37-26(36-28)17-27-40-19-21(20-41-27)18-34-30(39)23-7-3-1-4-8-23/h1,3-4,7-14,21,27H,2,5-6,15-20H2,(H,34,39)(H,36,37). The van der Waals surface area contributed by atoms with Gasteiger partial charge in [0.2, 0.25) is 5.95 Å². The van der Waals surface area contributed by atoms with Crippen LogP contribution in [-0.4, -0.2) is 65.0 Å². The molecule has 0 spiro atoms. The number of ether oxygens (including phenoxy) is 2. The van der Waals surface area contributed by atoms with Gasteiger partial charge in [0, 0.05) is 42.9 Å². The molecular formula is C31H33FN6O3. The largest absolute Gasteiger partial charge is 0.352 e. The first-order chi connectivity index (χ1) is 20.1. The Kier molecular flexibility index (Phi) is 8.29. The number of nitrogens with zero attached hydrogens (tertiary/aromatic N) is 4. The molecule has 9 nitrogen and oxygen atoms in total. The highest BCUT2D eigenvalue weighted by molar-refractivity contribution is 5.94. The van der Waals surface area contributed by atoms with Gasteiger partial charge < -0.3 is 24.7 Å². The average Bonchev–Trinajstić information content (AvgIpc) is 3.45. The second-order valence-electron chi connectivity index (χ2n) is 10.4. The monoisotopic (exact) mass is 556 g/mol. The molecule has 0 saturated carbocycles. The highest BCUT2D eigenvalue weighted by Crippen LogP contribution is 2.31. The number of piperidine rings is 1. The smallest absolute Gasteiger partial charge is 0.251 e. The molecule has 2 aromatic heterocycles. The molecule has 41 heavy (non-hydrogen) atoms. The second-order valence-corrected chi connectivity index (χ2v) is 10.4. The fraction of sp³-hybridized carbons (Fsp3) is 0.355. The number of rotatable bonds is 8. The van der Waals surface area contributed by atoms with Crippen LogP contribution in [0.5, 0.6) is 0 Å². The highest BCUT2D eigenvalue weighted by atomic mass is 19.1. The van der Waals surface area contributed by atoms with Crippen molar-refractivity contribution in [2.75, 3.05) is 37.7 Å². The van der Waals surface area contributed by atoms with Gasteiger partial charge in [0.15, 0.2) is 6.29 Å². The van der Waals surface area contributed by atoms with Crippen molar-refractivity contribution in [2.45, 2.75) is 32.0 Å². The lowest BCUT2D eigenvalue weighted by Crippen LogP contribution is -2.40. The number of nitrogens with one attached hydrogen (secondary N) is 2. The molecule has 2 aliphatic rings. The summed E-state index contributed by atoms with van der Waals surface area (Å²) in [4.78, 5) is 32.2. The zero-order valence-electron chi connectivity index (χ0n) is 22.8. The molecule has 2 aromatic carbocycles. The van der Waals surface area contributed by atoms with Gasteiger partial charge in [0.25, 0.3) is 5.91 Å². The van der Waals surface area contributed by atoms with E-state index >= 15 is 0 Å². The van der Waals surface area contributed by atoms with Crippen LogP contribution < -0.4 is 10.2 Å². The Bertz CT molecular complexity index is 1450. The van der Waals surface area contributed by atoms with Crippen molar-refractivity contribution in [1.82, 2.24) is 25.3 Å². The van der Waals surface area contributed by atoms with Crippen LogP contribution in [0.4, 0.5) is 10.3 Å². The van der Waals surface area contributed by atoms with E-state index in [2.05, 4.69) is 20.2 Å². The molecule has 0 bridgehead atoms. The molecule has 0 aliphatic carbocycles. The summed E-state index contributed by atoms with van der Waals surface area (Å²) in [6.07, 6.45) is 5.18. The predicted molar refractivity (Wildman–Crippen MR) is 153 cm³/mol. The number of benzene rings is 2. The Morgan fingerprint density at radius 3 is 2.49 bits per heavy atom. The third-order valence-electron chi connectivity index (χ3n) is 7.39. The highest BCUT2D eigenvalue weighted by Gasteiger charge is 2.26. The maximum absolute atomic E-state index is 13.7. The Hall–Kier alpha value is -4.15. The van der Waals surface area contributed by atoms with Crippen molar-refractivity contribution in [3.05, 3.63) is 84.1 Å². The number of aromatic amines is 1. The predicted octanol–water partition coefficient (Wildman–Crippen LogP) is 4.62. The molecule has 212 valence electrons. The zero-order chi connectivity index (χ0) is 28.0. The molecule has 2 N–H and O–H groups in total. The topological polar surface area (TPSA) is 105 Å². The number of hydrogen-bond acceptors (Lipinski definition) is 7. The van der Waals surface area contributed by atoms with Crippen LogP contribution in [-0.2, 0) is 15.9 Å².